The molecule has 0 unspecified atom stereocenters. The highest BCUT2D eigenvalue weighted by Gasteiger charge is 2.13. The molecule has 2 nitrogen and oxygen atoms in total. The zero-order valence-corrected chi connectivity index (χ0v) is 9.99. The zero-order valence-electron chi connectivity index (χ0n) is 9.99. The number of para-hydroxylation sites is 1. The first-order valence-electron chi connectivity index (χ1n) is 5.51. The Labute approximate surface area is 96.4 Å². The molecule has 0 saturated carbocycles. The first-order chi connectivity index (χ1) is 7.66. The van der Waals surface area contributed by atoms with Crippen molar-refractivity contribution in [1.82, 2.24) is 0 Å². The van der Waals surface area contributed by atoms with Gasteiger partial charge in [0.1, 0.15) is 0 Å². The predicted molar refractivity (Wildman–Crippen MR) is 69.6 cm³/mol. The van der Waals surface area contributed by atoms with Crippen molar-refractivity contribution in [2.45, 2.75) is 27.2 Å². The van der Waals surface area contributed by atoms with Gasteiger partial charge in [0.25, 0.3) is 0 Å². The van der Waals surface area contributed by atoms with Gasteiger partial charge in [0.2, 0.25) is 0 Å². The standard InChI is InChI=1S/C14H16N2/c1-10-9-11(2)15-14(10)12(3)16-13-7-5-4-6-8-13/h4-8H,9H2,1-3H3. The molecule has 0 aromatic heterocycles. The van der Waals surface area contributed by atoms with Crippen molar-refractivity contribution in [3.05, 3.63) is 41.6 Å². The Morgan fingerprint density at radius 1 is 1.19 bits per heavy atom. The molecule has 1 heterocycles. The molecule has 0 fully saturated rings. The lowest BCUT2D eigenvalue weighted by Gasteiger charge is -2.01. The van der Waals surface area contributed by atoms with Crippen LogP contribution in [0.3, 0.4) is 0 Å². The van der Waals surface area contributed by atoms with E-state index in [0.29, 0.717) is 0 Å². The molecule has 0 aliphatic carbocycles. The van der Waals surface area contributed by atoms with Crippen LogP contribution < -0.4 is 0 Å². The van der Waals surface area contributed by atoms with Gasteiger partial charge in [-0.3, -0.25) is 9.98 Å². The second-order valence-corrected chi connectivity index (χ2v) is 4.19. The van der Waals surface area contributed by atoms with E-state index in [1.807, 2.05) is 37.3 Å². The fourth-order valence-corrected chi connectivity index (χ4v) is 1.93. The van der Waals surface area contributed by atoms with Crippen molar-refractivity contribution < 1.29 is 0 Å². The Morgan fingerprint density at radius 2 is 1.88 bits per heavy atom. The third kappa shape index (κ3) is 2.27. The molecular weight excluding hydrogens is 196 g/mol. The maximum Gasteiger partial charge on any atom is 0.0834 e. The largest absolute Gasteiger partial charge is 0.256 e. The van der Waals surface area contributed by atoms with E-state index >= 15 is 0 Å². The molecule has 1 aromatic carbocycles. The summed E-state index contributed by atoms with van der Waals surface area (Å²) in [4.78, 5) is 9.11. The van der Waals surface area contributed by atoms with Crippen LogP contribution in [-0.2, 0) is 0 Å². The average Bonchev–Trinajstić information content (AvgIpc) is 2.59. The van der Waals surface area contributed by atoms with Crippen molar-refractivity contribution in [2.24, 2.45) is 9.98 Å². The molecule has 0 bridgehead atoms. The van der Waals surface area contributed by atoms with Crippen LogP contribution in [0.2, 0.25) is 0 Å². The number of benzene rings is 1. The molecule has 0 amide bonds. The van der Waals surface area contributed by atoms with Gasteiger partial charge in [-0.25, -0.2) is 0 Å². The van der Waals surface area contributed by atoms with E-state index < -0.39 is 0 Å². The fourth-order valence-electron chi connectivity index (χ4n) is 1.93. The van der Waals surface area contributed by atoms with Crippen molar-refractivity contribution in [3.63, 3.8) is 0 Å². The molecule has 0 atom stereocenters. The van der Waals surface area contributed by atoms with Gasteiger partial charge in [-0.05, 0) is 38.5 Å². The summed E-state index contributed by atoms with van der Waals surface area (Å²) in [5.74, 6) is 0. The topological polar surface area (TPSA) is 24.7 Å². The Hall–Kier alpha value is -1.70. The van der Waals surface area contributed by atoms with Crippen LogP contribution in [0.25, 0.3) is 0 Å². The first kappa shape index (κ1) is 10.8. The third-order valence-corrected chi connectivity index (χ3v) is 2.62. The molecule has 0 N–H and O–H groups in total. The van der Waals surface area contributed by atoms with Gasteiger partial charge in [0.05, 0.1) is 17.1 Å². The monoisotopic (exact) mass is 212 g/mol. The Balaban J connectivity index is 2.30. The van der Waals surface area contributed by atoms with E-state index in [0.717, 1.165) is 23.5 Å². The van der Waals surface area contributed by atoms with Gasteiger partial charge in [-0.1, -0.05) is 18.2 Å². The predicted octanol–water partition coefficient (Wildman–Crippen LogP) is 3.92. The fraction of sp³-hybridized carbons (Fsp3) is 0.286. The van der Waals surface area contributed by atoms with Crippen LogP contribution >= 0.6 is 0 Å². The number of aliphatic imine (C=N–C) groups is 2. The molecular formula is C14H16N2. The maximum atomic E-state index is 4.58. The van der Waals surface area contributed by atoms with Crippen LogP contribution in [0.4, 0.5) is 5.69 Å². The van der Waals surface area contributed by atoms with Crippen LogP contribution in [0.15, 0.2) is 51.6 Å². The van der Waals surface area contributed by atoms with Crippen LogP contribution in [0.1, 0.15) is 27.2 Å². The van der Waals surface area contributed by atoms with Crippen molar-refractivity contribution in [1.29, 1.82) is 0 Å². The summed E-state index contributed by atoms with van der Waals surface area (Å²) in [5, 5.41) is 0. The van der Waals surface area contributed by atoms with Crippen LogP contribution in [0, 0.1) is 0 Å². The van der Waals surface area contributed by atoms with Gasteiger partial charge < -0.3 is 0 Å². The second-order valence-electron chi connectivity index (χ2n) is 4.19. The van der Waals surface area contributed by atoms with Crippen LogP contribution in [0.5, 0.6) is 0 Å². The van der Waals surface area contributed by atoms with E-state index in [1.165, 1.54) is 11.3 Å². The first-order valence-corrected chi connectivity index (χ1v) is 5.51. The minimum absolute atomic E-state index is 0.983. The summed E-state index contributed by atoms with van der Waals surface area (Å²) in [6.07, 6.45) is 0.983. The number of hydrogen-bond donors (Lipinski definition) is 0. The number of nitrogens with zero attached hydrogens (tertiary/aromatic N) is 2. The molecule has 82 valence electrons. The molecule has 2 heteroatoms. The Kier molecular flexibility index (Phi) is 3.00. The lowest BCUT2D eigenvalue weighted by atomic mass is 10.1. The summed E-state index contributed by atoms with van der Waals surface area (Å²) >= 11 is 0. The van der Waals surface area contributed by atoms with Gasteiger partial charge in [-0.2, -0.15) is 0 Å². The second kappa shape index (κ2) is 4.44. The highest BCUT2D eigenvalue weighted by molar-refractivity contribution is 6.05. The number of hydrogen-bond acceptors (Lipinski definition) is 2. The SMILES string of the molecule is CC1=NC(C(C)=Nc2ccccc2)=C(C)C1. The highest BCUT2D eigenvalue weighted by Crippen LogP contribution is 2.22. The highest BCUT2D eigenvalue weighted by atomic mass is 14.9. The summed E-state index contributed by atoms with van der Waals surface area (Å²) in [6, 6.07) is 10.00. The van der Waals surface area contributed by atoms with E-state index in [2.05, 4.69) is 23.8 Å². The summed E-state index contributed by atoms with van der Waals surface area (Å²) in [6.45, 7) is 6.21. The van der Waals surface area contributed by atoms with Crippen molar-refractivity contribution in [2.75, 3.05) is 0 Å². The van der Waals surface area contributed by atoms with Gasteiger partial charge in [0.15, 0.2) is 0 Å². The molecule has 2 rings (SSSR count). The normalized spacial score (nSPS) is 16.7. The Bertz CT molecular complexity index is 479. The summed E-state index contributed by atoms with van der Waals surface area (Å²) in [5.41, 5.74) is 5.53. The van der Waals surface area contributed by atoms with E-state index in [-0.39, 0.29) is 0 Å². The van der Waals surface area contributed by atoms with Crippen molar-refractivity contribution in [3.8, 4) is 0 Å². The number of rotatable bonds is 2. The molecule has 0 spiro atoms. The molecule has 1 aromatic rings. The van der Waals surface area contributed by atoms with E-state index in [1.54, 1.807) is 0 Å². The smallest absolute Gasteiger partial charge is 0.0834 e. The number of allylic oxidation sites excluding steroid dienone is 2. The third-order valence-electron chi connectivity index (χ3n) is 2.62. The van der Waals surface area contributed by atoms with Gasteiger partial charge in [-0.15, -0.1) is 0 Å². The molecule has 1 aliphatic heterocycles. The average molecular weight is 212 g/mol. The van der Waals surface area contributed by atoms with Crippen molar-refractivity contribution >= 4 is 17.1 Å². The Morgan fingerprint density at radius 3 is 2.44 bits per heavy atom. The molecule has 1 aliphatic rings. The summed E-state index contributed by atoms with van der Waals surface area (Å²) < 4.78 is 0. The minimum Gasteiger partial charge on any atom is -0.256 e. The lowest BCUT2D eigenvalue weighted by molar-refractivity contribution is 1.27. The zero-order chi connectivity index (χ0) is 11.5. The summed E-state index contributed by atoms with van der Waals surface area (Å²) in [7, 11) is 0. The van der Waals surface area contributed by atoms with Gasteiger partial charge >= 0.3 is 0 Å². The van der Waals surface area contributed by atoms with E-state index in [9.17, 15) is 0 Å². The molecule has 0 saturated heterocycles. The lowest BCUT2D eigenvalue weighted by Crippen LogP contribution is -1.94. The molecule has 16 heavy (non-hydrogen) atoms. The minimum atomic E-state index is 0.983. The quantitative estimate of drug-likeness (QED) is 0.664. The maximum absolute atomic E-state index is 4.58. The van der Waals surface area contributed by atoms with E-state index in [4.69, 9.17) is 0 Å². The molecule has 0 radical (unpaired) electrons. The van der Waals surface area contributed by atoms with Crippen LogP contribution in [-0.4, -0.2) is 11.4 Å². The van der Waals surface area contributed by atoms with Gasteiger partial charge in [0, 0.05) is 12.1 Å².